The van der Waals surface area contributed by atoms with Gasteiger partial charge >= 0.3 is 21.6 Å². The van der Waals surface area contributed by atoms with Crippen molar-refractivity contribution in [2.24, 2.45) is 0 Å². The third-order valence-corrected chi connectivity index (χ3v) is 3.75. The molecule has 22 heavy (non-hydrogen) atoms. The summed E-state index contributed by atoms with van der Waals surface area (Å²) in [5, 5.41) is 0. The van der Waals surface area contributed by atoms with Gasteiger partial charge in [-0.25, -0.2) is 0 Å². The Hall–Kier alpha value is -1.97. The topological polar surface area (TPSA) is 78.9 Å². The van der Waals surface area contributed by atoms with Crippen LogP contribution in [0.3, 0.4) is 0 Å². The Morgan fingerprint density at radius 2 is 2.09 bits per heavy atom. The van der Waals surface area contributed by atoms with Gasteiger partial charge in [-0.1, -0.05) is 6.92 Å². The maximum atomic E-state index is 12.2. The molecule has 122 valence electrons. The fraction of sp³-hybridized carbons (Fsp3) is 0.417. The summed E-state index contributed by atoms with van der Waals surface area (Å²) in [6.45, 7) is 1.61. The number of rotatable bonds is 4. The number of ether oxygens (including phenoxy) is 2. The van der Waals surface area contributed by atoms with E-state index in [-0.39, 0.29) is 18.8 Å². The molecular weight excluding hydrogens is 329 g/mol. The van der Waals surface area contributed by atoms with Crippen LogP contribution in [-0.4, -0.2) is 26.5 Å². The minimum absolute atomic E-state index is 0.00343. The van der Waals surface area contributed by atoms with Gasteiger partial charge in [-0.3, -0.25) is 4.79 Å². The molecule has 0 N–H and O–H groups in total. The molecule has 1 heterocycles. The summed E-state index contributed by atoms with van der Waals surface area (Å²) < 4.78 is 72.8. The maximum absolute atomic E-state index is 12.2. The molecule has 0 aliphatic carbocycles. The average Bonchev–Trinajstić information content (AvgIpc) is 2.79. The van der Waals surface area contributed by atoms with Crippen molar-refractivity contribution in [2.75, 3.05) is 6.61 Å². The highest BCUT2D eigenvalue weighted by molar-refractivity contribution is 7.88. The minimum atomic E-state index is -5.75. The number of alkyl halides is 3. The summed E-state index contributed by atoms with van der Waals surface area (Å²) in [5.41, 5.74) is -5.09. The van der Waals surface area contributed by atoms with Crippen LogP contribution in [0.4, 0.5) is 13.2 Å². The van der Waals surface area contributed by atoms with Gasteiger partial charge in [0.2, 0.25) is 0 Å². The van der Waals surface area contributed by atoms with Crippen LogP contribution in [-0.2, 0) is 19.6 Å². The molecule has 0 unspecified atom stereocenters. The molecule has 1 atom stereocenters. The molecule has 0 spiro atoms. The Labute approximate surface area is 123 Å². The number of esters is 1. The molecule has 1 aromatic carbocycles. The van der Waals surface area contributed by atoms with Gasteiger partial charge in [0, 0.05) is 18.1 Å². The third kappa shape index (κ3) is 3.26. The lowest BCUT2D eigenvalue weighted by molar-refractivity contribution is -0.149. The zero-order valence-corrected chi connectivity index (χ0v) is 12.0. The van der Waals surface area contributed by atoms with Gasteiger partial charge in [-0.2, -0.15) is 21.6 Å². The molecule has 0 bridgehead atoms. The van der Waals surface area contributed by atoms with Crippen molar-refractivity contribution in [3.05, 3.63) is 23.8 Å². The van der Waals surface area contributed by atoms with Crippen molar-refractivity contribution < 1.29 is 40.0 Å². The monoisotopic (exact) mass is 340 g/mol. The van der Waals surface area contributed by atoms with Crippen LogP contribution in [0, 0.1) is 0 Å². The summed E-state index contributed by atoms with van der Waals surface area (Å²) >= 11 is 0. The van der Waals surface area contributed by atoms with E-state index >= 15 is 0 Å². The SMILES string of the molecule is CCC(=O)O[C@@H]1COc2cc(OS(=O)(=O)C(F)(F)F)ccc21. The minimum Gasteiger partial charge on any atom is -0.489 e. The second kappa shape index (κ2) is 5.67. The summed E-state index contributed by atoms with van der Waals surface area (Å²) in [6.07, 6.45) is -0.521. The van der Waals surface area contributed by atoms with Crippen LogP contribution in [0.1, 0.15) is 25.0 Å². The molecule has 0 fully saturated rings. The van der Waals surface area contributed by atoms with Gasteiger partial charge < -0.3 is 13.7 Å². The van der Waals surface area contributed by atoms with E-state index < -0.39 is 33.4 Å². The van der Waals surface area contributed by atoms with Gasteiger partial charge in [0.15, 0.2) is 6.10 Å². The van der Waals surface area contributed by atoms with Crippen LogP contribution in [0.5, 0.6) is 11.5 Å². The summed E-state index contributed by atoms with van der Waals surface area (Å²) in [7, 11) is -5.75. The lowest BCUT2D eigenvalue weighted by Gasteiger charge is -2.11. The smallest absolute Gasteiger partial charge is 0.489 e. The number of benzene rings is 1. The van der Waals surface area contributed by atoms with Gasteiger partial charge in [0.25, 0.3) is 0 Å². The van der Waals surface area contributed by atoms with E-state index in [1.165, 1.54) is 6.07 Å². The molecule has 2 rings (SSSR count). The third-order valence-electron chi connectivity index (χ3n) is 2.77. The standard InChI is InChI=1S/C12H11F3O6S/c1-2-11(16)20-10-6-19-9-5-7(3-4-8(9)10)21-22(17,18)12(13,14)15/h3-5,10H,2,6H2,1H3/t10-/m1/s1. The maximum Gasteiger partial charge on any atom is 0.534 e. The molecule has 0 saturated heterocycles. The Morgan fingerprint density at radius 3 is 2.68 bits per heavy atom. The van der Waals surface area contributed by atoms with Gasteiger partial charge in [-0.05, 0) is 12.1 Å². The van der Waals surface area contributed by atoms with Gasteiger partial charge in [0.05, 0.1) is 0 Å². The van der Waals surface area contributed by atoms with Crippen LogP contribution < -0.4 is 8.92 Å². The van der Waals surface area contributed by atoms with Crippen molar-refractivity contribution in [1.82, 2.24) is 0 Å². The van der Waals surface area contributed by atoms with Crippen LogP contribution >= 0.6 is 0 Å². The van der Waals surface area contributed by atoms with Gasteiger partial charge in [0.1, 0.15) is 18.1 Å². The van der Waals surface area contributed by atoms with E-state index in [1.807, 2.05) is 0 Å². The molecule has 1 aromatic rings. The first kappa shape index (κ1) is 16.4. The van der Waals surface area contributed by atoms with E-state index in [1.54, 1.807) is 6.92 Å². The van der Waals surface area contributed by atoms with E-state index in [9.17, 15) is 26.4 Å². The molecule has 1 aliphatic heterocycles. The fourth-order valence-electron chi connectivity index (χ4n) is 1.73. The van der Waals surface area contributed by atoms with Crippen molar-refractivity contribution in [3.8, 4) is 11.5 Å². The molecule has 6 nitrogen and oxygen atoms in total. The van der Waals surface area contributed by atoms with Crippen molar-refractivity contribution in [3.63, 3.8) is 0 Å². The van der Waals surface area contributed by atoms with E-state index in [0.717, 1.165) is 12.1 Å². The highest BCUT2D eigenvalue weighted by Gasteiger charge is 2.48. The van der Waals surface area contributed by atoms with Crippen molar-refractivity contribution in [2.45, 2.75) is 25.0 Å². The van der Waals surface area contributed by atoms with E-state index in [4.69, 9.17) is 9.47 Å². The lowest BCUT2D eigenvalue weighted by Crippen LogP contribution is -2.28. The van der Waals surface area contributed by atoms with E-state index in [0.29, 0.717) is 5.56 Å². The van der Waals surface area contributed by atoms with Crippen LogP contribution in [0.2, 0.25) is 0 Å². The summed E-state index contributed by atoms with van der Waals surface area (Å²) in [5.74, 6) is -0.899. The summed E-state index contributed by atoms with van der Waals surface area (Å²) in [6, 6.07) is 3.32. The summed E-state index contributed by atoms with van der Waals surface area (Å²) in [4.78, 5) is 11.2. The first-order valence-corrected chi connectivity index (χ1v) is 7.52. The predicted octanol–water partition coefficient (Wildman–Crippen LogP) is 2.30. The number of carbonyl (C=O) groups excluding carboxylic acids is 1. The Kier molecular flexibility index (Phi) is 4.23. The van der Waals surface area contributed by atoms with Crippen LogP contribution in [0.25, 0.3) is 0 Å². The first-order chi connectivity index (χ1) is 10.1. The second-order valence-electron chi connectivity index (χ2n) is 4.33. The number of hydrogen-bond donors (Lipinski definition) is 0. The average molecular weight is 340 g/mol. The Balaban J connectivity index is 2.19. The van der Waals surface area contributed by atoms with Crippen molar-refractivity contribution in [1.29, 1.82) is 0 Å². The van der Waals surface area contributed by atoms with E-state index in [2.05, 4.69) is 4.18 Å². The normalized spacial score (nSPS) is 17.5. The molecule has 1 aliphatic rings. The largest absolute Gasteiger partial charge is 0.534 e. The van der Waals surface area contributed by atoms with Gasteiger partial charge in [-0.15, -0.1) is 0 Å². The zero-order valence-electron chi connectivity index (χ0n) is 11.2. The molecule has 10 heteroatoms. The molecular formula is C12H11F3O6S. The number of carbonyl (C=O) groups is 1. The quantitative estimate of drug-likeness (QED) is 0.475. The zero-order chi connectivity index (χ0) is 16.5. The first-order valence-electron chi connectivity index (χ1n) is 6.11. The molecule has 0 amide bonds. The number of hydrogen-bond acceptors (Lipinski definition) is 6. The highest BCUT2D eigenvalue weighted by Crippen LogP contribution is 2.38. The Morgan fingerprint density at radius 1 is 1.41 bits per heavy atom. The molecule has 0 aromatic heterocycles. The second-order valence-corrected chi connectivity index (χ2v) is 5.86. The van der Waals surface area contributed by atoms with Crippen molar-refractivity contribution >= 4 is 16.1 Å². The Bertz CT molecular complexity index is 683. The highest BCUT2D eigenvalue weighted by atomic mass is 32.2. The predicted molar refractivity (Wildman–Crippen MR) is 66.7 cm³/mol. The number of fused-ring (bicyclic) bond motifs is 1. The lowest BCUT2D eigenvalue weighted by atomic mass is 10.1. The van der Waals surface area contributed by atoms with Crippen LogP contribution in [0.15, 0.2) is 18.2 Å². The molecule has 0 radical (unpaired) electrons. The fourth-order valence-corrected chi connectivity index (χ4v) is 2.18. The number of halogens is 3. The molecule has 0 saturated carbocycles.